The SMILES string of the molecule is O=C(O)c1cncc(NS(=O)(=O)c2ccnc(Cl)c2)c1. The maximum absolute atomic E-state index is 12.1. The maximum atomic E-state index is 12.1. The van der Waals surface area contributed by atoms with Gasteiger partial charge in [0.15, 0.2) is 0 Å². The van der Waals surface area contributed by atoms with Crippen molar-refractivity contribution in [3.05, 3.63) is 47.5 Å². The molecule has 7 nitrogen and oxygen atoms in total. The van der Waals surface area contributed by atoms with Crippen molar-refractivity contribution in [2.45, 2.75) is 4.90 Å². The quantitative estimate of drug-likeness (QED) is 0.830. The summed E-state index contributed by atoms with van der Waals surface area (Å²) in [6, 6.07) is 3.61. The maximum Gasteiger partial charge on any atom is 0.337 e. The number of carbonyl (C=O) groups is 1. The first-order valence-electron chi connectivity index (χ1n) is 5.21. The first kappa shape index (κ1) is 14.2. The van der Waals surface area contributed by atoms with Crippen LogP contribution < -0.4 is 4.72 Å². The number of hydrogen-bond acceptors (Lipinski definition) is 5. The van der Waals surface area contributed by atoms with E-state index in [1.165, 1.54) is 24.5 Å². The average molecular weight is 314 g/mol. The van der Waals surface area contributed by atoms with Gasteiger partial charge >= 0.3 is 5.97 Å². The number of anilines is 1. The van der Waals surface area contributed by atoms with Crippen molar-refractivity contribution in [2.24, 2.45) is 0 Å². The summed E-state index contributed by atoms with van der Waals surface area (Å²) in [5.74, 6) is -1.20. The summed E-state index contributed by atoms with van der Waals surface area (Å²) >= 11 is 5.63. The third-order valence-corrected chi connectivity index (χ3v) is 3.83. The molecule has 0 atom stereocenters. The molecule has 0 aromatic carbocycles. The Balaban J connectivity index is 2.33. The number of hydrogen-bond donors (Lipinski definition) is 2. The van der Waals surface area contributed by atoms with E-state index in [0.29, 0.717) is 0 Å². The van der Waals surface area contributed by atoms with Crippen LogP contribution in [0.15, 0.2) is 41.7 Å². The highest BCUT2D eigenvalue weighted by Crippen LogP contribution is 2.18. The van der Waals surface area contributed by atoms with Gasteiger partial charge in [-0.25, -0.2) is 18.2 Å². The van der Waals surface area contributed by atoms with E-state index >= 15 is 0 Å². The summed E-state index contributed by atoms with van der Waals surface area (Å²) < 4.78 is 26.3. The topological polar surface area (TPSA) is 109 Å². The molecule has 2 aromatic heterocycles. The highest BCUT2D eigenvalue weighted by molar-refractivity contribution is 7.92. The van der Waals surface area contributed by atoms with E-state index in [9.17, 15) is 13.2 Å². The number of halogens is 1. The van der Waals surface area contributed by atoms with Crippen LogP contribution in [0.1, 0.15) is 10.4 Å². The van der Waals surface area contributed by atoms with Gasteiger partial charge in [0.05, 0.1) is 22.3 Å². The van der Waals surface area contributed by atoms with Crippen molar-refractivity contribution in [1.82, 2.24) is 9.97 Å². The predicted octanol–water partition coefficient (Wildman–Crippen LogP) is 1.63. The second-order valence-electron chi connectivity index (χ2n) is 3.69. The Morgan fingerprint density at radius 3 is 2.70 bits per heavy atom. The average Bonchev–Trinajstić information content (AvgIpc) is 2.38. The molecule has 0 fully saturated rings. The molecule has 0 aliphatic rings. The van der Waals surface area contributed by atoms with Crippen molar-refractivity contribution >= 4 is 33.3 Å². The first-order chi connectivity index (χ1) is 9.38. The van der Waals surface area contributed by atoms with Crippen LogP contribution in [0.5, 0.6) is 0 Å². The van der Waals surface area contributed by atoms with Crippen molar-refractivity contribution in [3.8, 4) is 0 Å². The van der Waals surface area contributed by atoms with Gasteiger partial charge in [0, 0.05) is 12.4 Å². The number of carboxylic acid groups (broad SMARTS) is 1. The summed E-state index contributed by atoms with van der Waals surface area (Å²) in [5, 5.41) is 8.85. The van der Waals surface area contributed by atoms with E-state index in [1.807, 2.05) is 0 Å². The zero-order chi connectivity index (χ0) is 14.8. The molecule has 0 unspecified atom stereocenters. The Morgan fingerprint density at radius 2 is 2.05 bits per heavy atom. The van der Waals surface area contributed by atoms with Gasteiger partial charge in [0.25, 0.3) is 10.0 Å². The van der Waals surface area contributed by atoms with Gasteiger partial charge in [-0.05, 0) is 18.2 Å². The van der Waals surface area contributed by atoms with Crippen LogP contribution in [-0.2, 0) is 10.0 Å². The molecule has 0 bridgehead atoms. The lowest BCUT2D eigenvalue weighted by molar-refractivity contribution is 0.0696. The van der Waals surface area contributed by atoms with Crippen LogP contribution in [0.4, 0.5) is 5.69 Å². The van der Waals surface area contributed by atoms with E-state index in [-0.39, 0.29) is 21.3 Å². The van der Waals surface area contributed by atoms with Crippen molar-refractivity contribution < 1.29 is 18.3 Å². The Bertz CT molecular complexity index is 764. The lowest BCUT2D eigenvalue weighted by Crippen LogP contribution is -2.13. The summed E-state index contributed by atoms with van der Waals surface area (Å²) in [7, 11) is -3.89. The van der Waals surface area contributed by atoms with Gasteiger partial charge in [-0.2, -0.15) is 0 Å². The number of carboxylic acids is 1. The molecule has 0 aliphatic carbocycles. The van der Waals surface area contributed by atoms with Gasteiger partial charge < -0.3 is 5.11 Å². The van der Waals surface area contributed by atoms with E-state index in [4.69, 9.17) is 16.7 Å². The molecule has 0 spiro atoms. The summed E-state index contributed by atoms with van der Waals surface area (Å²) in [4.78, 5) is 18.0. The third kappa shape index (κ3) is 3.22. The lowest BCUT2D eigenvalue weighted by Gasteiger charge is -2.08. The molecule has 0 radical (unpaired) electrons. The fourth-order valence-corrected chi connectivity index (χ4v) is 2.66. The van der Waals surface area contributed by atoms with Gasteiger partial charge in [0.2, 0.25) is 0 Å². The normalized spacial score (nSPS) is 11.1. The number of rotatable bonds is 4. The molecule has 104 valence electrons. The van der Waals surface area contributed by atoms with E-state index in [2.05, 4.69) is 14.7 Å². The molecule has 2 heterocycles. The minimum Gasteiger partial charge on any atom is -0.478 e. The first-order valence-corrected chi connectivity index (χ1v) is 7.07. The van der Waals surface area contributed by atoms with Crippen molar-refractivity contribution in [3.63, 3.8) is 0 Å². The Hall–Kier alpha value is -2.19. The Morgan fingerprint density at radius 1 is 1.30 bits per heavy atom. The zero-order valence-electron chi connectivity index (χ0n) is 9.82. The predicted molar refractivity (Wildman–Crippen MR) is 71.3 cm³/mol. The third-order valence-electron chi connectivity index (χ3n) is 2.25. The minimum atomic E-state index is -3.89. The molecule has 0 aliphatic heterocycles. The molecule has 9 heteroatoms. The molecule has 2 N–H and O–H groups in total. The highest BCUT2D eigenvalue weighted by atomic mass is 35.5. The Kier molecular flexibility index (Phi) is 3.86. The lowest BCUT2D eigenvalue weighted by atomic mass is 10.3. The summed E-state index contributed by atoms with van der Waals surface area (Å²) in [6.45, 7) is 0. The van der Waals surface area contributed by atoms with Gasteiger partial charge in [0.1, 0.15) is 5.15 Å². The molecule has 20 heavy (non-hydrogen) atoms. The molecule has 0 saturated heterocycles. The van der Waals surface area contributed by atoms with Crippen LogP contribution in [0.2, 0.25) is 5.15 Å². The minimum absolute atomic E-state index is 0.0327. The Labute approximate surface area is 119 Å². The van der Waals surface area contributed by atoms with Crippen LogP contribution in [0, 0.1) is 0 Å². The van der Waals surface area contributed by atoms with Crippen LogP contribution in [0.3, 0.4) is 0 Å². The zero-order valence-corrected chi connectivity index (χ0v) is 11.4. The van der Waals surface area contributed by atoms with E-state index < -0.39 is 16.0 Å². The molecular formula is C11H8ClN3O4S. The molecular weight excluding hydrogens is 306 g/mol. The van der Waals surface area contributed by atoms with Gasteiger partial charge in [-0.1, -0.05) is 11.6 Å². The standard InChI is InChI=1S/C11H8ClN3O4S/c12-10-4-9(1-2-14-10)20(18,19)15-8-3-7(11(16)17)5-13-6-8/h1-6,15H,(H,16,17). The summed E-state index contributed by atoms with van der Waals surface area (Å²) in [5.41, 5.74) is -0.0872. The van der Waals surface area contributed by atoms with Crippen LogP contribution in [-0.4, -0.2) is 29.5 Å². The van der Waals surface area contributed by atoms with Crippen LogP contribution >= 0.6 is 11.6 Å². The second kappa shape index (κ2) is 5.43. The van der Waals surface area contributed by atoms with Gasteiger partial charge in [-0.3, -0.25) is 9.71 Å². The second-order valence-corrected chi connectivity index (χ2v) is 5.76. The number of sulfonamides is 1. The van der Waals surface area contributed by atoms with Crippen molar-refractivity contribution in [1.29, 1.82) is 0 Å². The van der Waals surface area contributed by atoms with Gasteiger partial charge in [-0.15, -0.1) is 0 Å². The number of nitrogens with zero attached hydrogens (tertiary/aromatic N) is 2. The molecule has 0 amide bonds. The number of pyridine rings is 2. The number of nitrogens with one attached hydrogen (secondary N) is 1. The monoisotopic (exact) mass is 313 g/mol. The number of aromatic nitrogens is 2. The van der Waals surface area contributed by atoms with E-state index in [1.54, 1.807) is 0 Å². The molecule has 2 rings (SSSR count). The highest BCUT2D eigenvalue weighted by Gasteiger charge is 2.16. The fourth-order valence-electron chi connectivity index (χ4n) is 1.38. The number of aromatic carboxylic acids is 1. The smallest absolute Gasteiger partial charge is 0.337 e. The van der Waals surface area contributed by atoms with Crippen LogP contribution in [0.25, 0.3) is 0 Å². The molecule has 2 aromatic rings. The fraction of sp³-hybridized carbons (Fsp3) is 0. The largest absolute Gasteiger partial charge is 0.478 e. The van der Waals surface area contributed by atoms with E-state index in [0.717, 1.165) is 12.3 Å². The molecule has 0 saturated carbocycles. The van der Waals surface area contributed by atoms with Crippen molar-refractivity contribution in [2.75, 3.05) is 4.72 Å². The summed E-state index contributed by atoms with van der Waals surface area (Å²) in [6.07, 6.45) is 3.57.